The van der Waals surface area contributed by atoms with E-state index in [1.807, 2.05) is 24.3 Å². The molecule has 11 nitrogen and oxygen atoms in total. The molecule has 2 aliphatic heterocycles. The van der Waals surface area contributed by atoms with Gasteiger partial charge in [0.15, 0.2) is 0 Å². The first kappa shape index (κ1) is 32.2. The van der Waals surface area contributed by atoms with Crippen LogP contribution in [0.5, 0.6) is 5.75 Å². The number of benzene rings is 1. The van der Waals surface area contributed by atoms with E-state index < -0.39 is 34.5 Å². The van der Waals surface area contributed by atoms with Gasteiger partial charge in [-0.25, -0.2) is 19.1 Å². The molecule has 0 spiro atoms. The van der Waals surface area contributed by atoms with E-state index in [4.69, 9.17) is 23.4 Å². The summed E-state index contributed by atoms with van der Waals surface area (Å²) < 4.78 is 32.5. The number of hydrogen-bond donors (Lipinski definition) is 0. The van der Waals surface area contributed by atoms with Crippen molar-refractivity contribution in [3.8, 4) is 16.5 Å². The Hall–Kier alpha value is -3.74. The van der Waals surface area contributed by atoms with E-state index >= 15 is 0 Å². The molecule has 2 aliphatic rings. The maximum absolute atomic E-state index is 14.6. The molecule has 0 saturated carbocycles. The van der Waals surface area contributed by atoms with Crippen LogP contribution in [0.15, 0.2) is 50.7 Å². The smallest absolute Gasteiger partial charge is 0.333 e. The summed E-state index contributed by atoms with van der Waals surface area (Å²) in [6.07, 6.45) is 6.10. The van der Waals surface area contributed by atoms with Crippen molar-refractivity contribution in [3.63, 3.8) is 0 Å². The molecule has 0 radical (unpaired) electrons. The van der Waals surface area contributed by atoms with Crippen molar-refractivity contribution < 1.29 is 28.2 Å². The fourth-order valence-electron chi connectivity index (χ4n) is 6.50. The first-order valence-electron chi connectivity index (χ1n) is 15.6. The summed E-state index contributed by atoms with van der Waals surface area (Å²) in [5.41, 5.74) is -2.32. The van der Waals surface area contributed by atoms with Crippen LogP contribution in [-0.2, 0) is 31.1 Å². The molecule has 6 rings (SSSR count). The first-order chi connectivity index (χ1) is 21.8. The van der Waals surface area contributed by atoms with Gasteiger partial charge in [0.1, 0.15) is 34.1 Å². The van der Waals surface area contributed by atoms with E-state index in [2.05, 4.69) is 4.98 Å². The lowest BCUT2D eigenvalue weighted by Gasteiger charge is -2.33. The number of carbonyl (C=O) groups excluding carboxylic acids is 1. The zero-order valence-corrected chi connectivity index (χ0v) is 28.1. The van der Waals surface area contributed by atoms with Crippen molar-refractivity contribution in [2.24, 2.45) is 0 Å². The van der Waals surface area contributed by atoms with E-state index in [0.717, 1.165) is 35.8 Å². The molecular formula is C34H41N3O8S. The first-order valence-corrected chi connectivity index (χ1v) is 16.5. The average molecular weight is 652 g/mol. The molecular weight excluding hydrogens is 610 g/mol. The molecule has 5 heterocycles. The maximum atomic E-state index is 14.6. The third-order valence-corrected chi connectivity index (χ3v) is 10.0. The van der Waals surface area contributed by atoms with Gasteiger partial charge in [-0.15, -0.1) is 11.3 Å². The molecule has 12 heteroatoms. The molecule has 46 heavy (non-hydrogen) atoms. The maximum Gasteiger partial charge on any atom is 0.333 e. The number of rotatable bonds is 9. The normalized spacial score (nSPS) is 20.6. The van der Waals surface area contributed by atoms with Crippen LogP contribution in [0.1, 0.15) is 77.5 Å². The number of hydrogen-bond acceptors (Lipinski definition) is 10. The van der Waals surface area contributed by atoms with Crippen LogP contribution in [0, 0.1) is 6.92 Å². The van der Waals surface area contributed by atoms with Gasteiger partial charge < -0.3 is 23.4 Å². The second-order valence-electron chi connectivity index (χ2n) is 13.6. The lowest BCUT2D eigenvalue weighted by Crippen LogP contribution is -2.54. The van der Waals surface area contributed by atoms with Gasteiger partial charge in [0.25, 0.3) is 5.56 Å². The summed E-state index contributed by atoms with van der Waals surface area (Å²) >= 11 is 1.25. The number of esters is 1. The van der Waals surface area contributed by atoms with Gasteiger partial charge in [-0.05, 0) is 78.9 Å². The van der Waals surface area contributed by atoms with Gasteiger partial charge >= 0.3 is 11.7 Å². The summed E-state index contributed by atoms with van der Waals surface area (Å²) in [6.45, 7) is 10.1. The Morgan fingerprint density at radius 2 is 1.80 bits per heavy atom. The van der Waals surface area contributed by atoms with Gasteiger partial charge in [-0.2, -0.15) is 0 Å². The Kier molecular flexibility index (Phi) is 8.49. The van der Waals surface area contributed by atoms with E-state index in [-0.39, 0.29) is 24.9 Å². The zero-order chi connectivity index (χ0) is 33.0. The van der Waals surface area contributed by atoms with E-state index in [9.17, 15) is 14.4 Å². The van der Waals surface area contributed by atoms with Gasteiger partial charge in [0.2, 0.25) is 5.89 Å². The summed E-state index contributed by atoms with van der Waals surface area (Å²) in [7, 11) is 1.60. The Morgan fingerprint density at radius 3 is 2.43 bits per heavy atom. The molecule has 0 aliphatic carbocycles. The average Bonchev–Trinajstić information content (AvgIpc) is 3.72. The number of para-hydroxylation sites is 1. The van der Waals surface area contributed by atoms with Crippen LogP contribution < -0.4 is 16.0 Å². The highest BCUT2D eigenvalue weighted by Gasteiger charge is 2.40. The molecule has 2 fully saturated rings. The molecule has 0 N–H and O–H groups in total. The quantitative estimate of drug-likeness (QED) is 0.208. The highest BCUT2D eigenvalue weighted by atomic mass is 32.1. The van der Waals surface area contributed by atoms with E-state index in [1.54, 1.807) is 34.8 Å². The van der Waals surface area contributed by atoms with Crippen molar-refractivity contribution in [1.82, 2.24) is 14.1 Å². The summed E-state index contributed by atoms with van der Waals surface area (Å²) in [4.78, 5) is 47.9. The van der Waals surface area contributed by atoms with Gasteiger partial charge in [-0.1, -0.05) is 18.2 Å². The van der Waals surface area contributed by atoms with Crippen LogP contribution in [-0.4, -0.2) is 51.1 Å². The minimum Gasteiger partial charge on any atom is -0.496 e. The lowest BCUT2D eigenvalue weighted by molar-refractivity contribution is -0.164. The predicted octanol–water partition coefficient (Wildman–Crippen LogP) is 5.74. The van der Waals surface area contributed by atoms with E-state index in [1.165, 1.54) is 42.2 Å². The van der Waals surface area contributed by atoms with Crippen LogP contribution in [0.2, 0.25) is 0 Å². The number of fused-ring (bicyclic) bond motifs is 3. The second kappa shape index (κ2) is 12.1. The largest absolute Gasteiger partial charge is 0.496 e. The zero-order valence-electron chi connectivity index (χ0n) is 27.3. The molecule has 1 aromatic carbocycles. The number of oxazole rings is 1. The molecule has 0 amide bonds. The fourth-order valence-corrected chi connectivity index (χ4v) is 7.74. The minimum absolute atomic E-state index is 0.0536. The molecule has 4 aromatic rings. The number of carbonyl (C=O) groups is 1. The third kappa shape index (κ3) is 5.93. The molecule has 3 atom stereocenters. The number of thiophene rings is 1. The van der Waals surface area contributed by atoms with Crippen molar-refractivity contribution >= 4 is 27.5 Å². The second-order valence-corrected chi connectivity index (χ2v) is 14.6. The topological polar surface area (TPSA) is 124 Å². The van der Waals surface area contributed by atoms with Crippen molar-refractivity contribution in [1.29, 1.82) is 0 Å². The van der Waals surface area contributed by atoms with Crippen LogP contribution in [0.3, 0.4) is 0 Å². The highest BCUT2D eigenvalue weighted by molar-refractivity contribution is 7.22. The van der Waals surface area contributed by atoms with Crippen molar-refractivity contribution in [3.05, 3.63) is 68.7 Å². The van der Waals surface area contributed by atoms with E-state index in [0.29, 0.717) is 32.3 Å². The summed E-state index contributed by atoms with van der Waals surface area (Å²) in [5.74, 6) is 0.267. The fraction of sp³-hybridized carbons (Fsp3) is 0.529. The number of aryl methyl sites for hydroxylation is 1. The molecule has 2 bridgehead atoms. The Labute approximate surface area is 271 Å². The van der Waals surface area contributed by atoms with Gasteiger partial charge in [0, 0.05) is 5.56 Å². The number of methoxy groups -OCH3 is 1. The number of ether oxygens (including phenoxy) is 4. The molecule has 2 saturated heterocycles. The summed E-state index contributed by atoms with van der Waals surface area (Å²) in [6, 6.07) is 7.58. The predicted molar refractivity (Wildman–Crippen MR) is 173 cm³/mol. The monoisotopic (exact) mass is 651 g/mol. The van der Waals surface area contributed by atoms with Crippen LogP contribution in [0.25, 0.3) is 21.0 Å². The molecule has 3 aromatic heterocycles. The van der Waals surface area contributed by atoms with Crippen molar-refractivity contribution in [2.45, 2.75) is 109 Å². The number of nitrogens with zero attached hydrogens (tertiary/aromatic N) is 3. The summed E-state index contributed by atoms with van der Waals surface area (Å²) in [5, 5.41) is 0.303. The lowest BCUT2D eigenvalue weighted by atomic mass is 10.0. The van der Waals surface area contributed by atoms with Crippen LogP contribution >= 0.6 is 11.3 Å². The Bertz CT molecular complexity index is 1850. The molecule has 246 valence electrons. The highest BCUT2D eigenvalue weighted by Crippen LogP contribution is 2.40. The van der Waals surface area contributed by atoms with Crippen LogP contribution in [0.4, 0.5) is 0 Å². The molecule has 0 unspecified atom stereocenters. The van der Waals surface area contributed by atoms with Gasteiger partial charge in [-0.3, -0.25) is 9.36 Å². The number of aromatic nitrogens is 3. The SMILES string of the molecule is COc1ccccc1[C@H](Cn1c(=O)n(C(C)(C)C(=O)OC(C)(C)C)c(=O)c2c(C)c(-c3ncco3)sc21)OC1C[C@H]2CC[C@H](C1)O2. The van der Waals surface area contributed by atoms with Gasteiger partial charge in [0.05, 0.1) is 48.4 Å². The Morgan fingerprint density at radius 1 is 1.11 bits per heavy atom. The van der Waals surface area contributed by atoms with Crippen molar-refractivity contribution in [2.75, 3.05) is 7.11 Å². The standard InChI is InChI=1S/C34H41N3O8S/c1-19-26-29(38)37(34(5,6)31(39)45-33(2,3)4)32(40)36(30(26)46-27(19)28-35-14-15-42-28)18-25(23-10-8-9-11-24(23)41-7)44-22-16-20-12-13-21(17-22)43-20/h8-11,14-15,20-22,25H,12-13,16-18H2,1-7H3/t20-,21-,25+/m1/s1. The third-order valence-electron chi connectivity index (χ3n) is 8.73. The Balaban J connectivity index is 1.55. The minimum atomic E-state index is -1.63.